The van der Waals surface area contributed by atoms with Crippen molar-refractivity contribution in [1.29, 1.82) is 0 Å². The molecule has 0 saturated carbocycles. The summed E-state index contributed by atoms with van der Waals surface area (Å²) in [4.78, 5) is 10.5. The number of carbonyl (C=O) groups excluding carboxylic acids is 1. The lowest BCUT2D eigenvalue weighted by molar-refractivity contribution is -0.138. The largest absolute Gasteiger partial charge is 0.394 e. The van der Waals surface area contributed by atoms with Gasteiger partial charge >= 0.3 is 0 Å². The van der Waals surface area contributed by atoms with Gasteiger partial charge in [-0.05, 0) is 15.9 Å². The molecule has 7 heteroatoms. The van der Waals surface area contributed by atoms with Crippen LogP contribution in [0.4, 0.5) is 0 Å². The van der Waals surface area contributed by atoms with Gasteiger partial charge in [0.05, 0.1) is 6.61 Å². The fourth-order valence-electron chi connectivity index (χ4n) is 0.657. The van der Waals surface area contributed by atoms with Gasteiger partial charge in [0.15, 0.2) is 6.10 Å². The summed E-state index contributed by atoms with van der Waals surface area (Å²) in [6, 6.07) is 0. The van der Waals surface area contributed by atoms with Crippen LogP contribution in [0.2, 0.25) is 0 Å². The van der Waals surface area contributed by atoms with Gasteiger partial charge in [0, 0.05) is 0 Å². The van der Waals surface area contributed by atoms with Gasteiger partial charge in [0.1, 0.15) is 18.3 Å². The van der Waals surface area contributed by atoms with E-state index in [1.807, 2.05) is 0 Å². The summed E-state index contributed by atoms with van der Waals surface area (Å²) in [6.45, 7) is -0.776. The van der Waals surface area contributed by atoms with E-state index >= 15 is 0 Å². The van der Waals surface area contributed by atoms with Crippen molar-refractivity contribution in [2.75, 3.05) is 6.61 Å². The van der Waals surface area contributed by atoms with Crippen LogP contribution in [0.5, 0.6) is 0 Å². The first-order chi connectivity index (χ1) is 5.91. The molecule has 4 atom stereocenters. The Labute approximate surface area is 82.6 Å². The zero-order valence-electron chi connectivity index (χ0n) is 6.54. The van der Waals surface area contributed by atoms with Crippen molar-refractivity contribution in [3.05, 3.63) is 0 Å². The second-order valence-corrected chi connectivity index (χ2v) is 3.26. The third-order valence-corrected chi connectivity index (χ3v) is 1.96. The number of rotatable bonds is 5. The smallest absolute Gasteiger partial charge is 0.228 e. The molecular weight excluding hydrogens is 248 g/mol. The maximum atomic E-state index is 10.5. The first kappa shape index (κ1) is 12.9. The van der Waals surface area contributed by atoms with Crippen LogP contribution in [-0.2, 0) is 4.79 Å². The number of halogens is 1. The maximum absolute atomic E-state index is 10.5. The van der Waals surface area contributed by atoms with Crippen molar-refractivity contribution in [2.24, 2.45) is 0 Å². The minimum absolute atomic E-state index is 0.776. The zero-order valence-corrected chi connectivity index (χ0v) is 8.12. The van der Waals surface area contributed by atoms with Gasteiger partial charge in [0.2, 0.25) is 4.69 Å². The van der Waals surface area contributed by atoms with E-state index in [9.17, 15) is 4.79 Å². The van der Waals surface area contributed by atoms with Crippen LogP contribution < -0.4 is 0 Å². The molecule has 0 aromatic rings. The molecule has 0 rings (SSSR count). The summed E-state index contributed by atoms with van der Waals surface area (Å²) in [5, 5.41) is 44.2. The number of aliphatic hydroxyl groups excluding tert-OH is 5. The van der Waals surface area contributed by atoms with Crippen LogP contribution in [0.25, 0.3) is 0 Å². The van der Waals surface area contributed by atoms with Gasteiger partial charge in [-0.25, -0.2) is 0 Å². The van der Waals surface area contributed by atoms with E-state index in [0.29, 0.717) is 0 Å². The number of hydrogen-bond acceptors (Lipinski definition) is 6. The van der Waals surface area contributed by atoms with Crippen molar-refractivity contribution in [3.63, 3.8) is 0 Å². The Hall–Kier alpha value is -0.0500. The maximum Gasteiger partial charge on any atom is 0.228 e. The van der Waals surface area contributed by atoms with E-state index < -0.39 is 35.7 Å². The van der Waals surface area contributed by atoms with Crippen LogP contribution >= 0.6 is 15.9 Å². The van der Waals surface area contributed by atoms with Crippen molar-refractivity contribution < 1.29 is 30.3 Å². The topological polar surface area (TPSA) is 118 Å². The van der Waals surface area contributed by atoms with Crippen LogP contribution in [0, 0.1) is 0 Å². The molecule has 0 amide bonds. The Balaban J connectivity index is 4.24. The lowest BCUT2D eigenvalue weighted by Gasteiger charge is -2.23. The Morgan fingerprint density at radius 1 is 1.15 bits per heavy atom. The average Bonchev–Trinajstić information content (AvgIpc) is 2.12. The Morgan fingerprint density at radius 3 is 1.92 bits per heavy atom. The Bertz CT molecular complexity index is 175. The van der Waals surface area contributed by atoms with Crippen molar-refractivity contribution in [2.45, 2.75) is 24.4 Å². The van der Waals surface area contributed by atoms with Crippen molar-refractivity contribution >= 4 is 20.6 Å². The molecule has 0 aliphatic heterocycles. The first-order valence-corrected chi connectivity index (χ1v) is 4.23. The number of hydrogen-bond donors (Lipinski definition) is 5. The van der Waals surface area contributed by atoms with Gasteiger partial charge in [-0.2, -0.15) is 0 Å². The highest BCUT2D eigenvalue weighted by atomic mass is 79.9. The third kappa shape index (κ3) is 3.67. The summed E-state index contributed by atoms with van der Waals surface area (Å²) in [5.74, 6) is 0. The Morgan fingerprint density at radius 2 is 1.62 bits per heavy atom. The van der Waals surface area contributed by atoms with Crippen molar-refractivity contribution in [1.82, 2.24) is 0 Å². The standard InChI is InChI=1S/C6H11BrO6/c7-6(13)5(12)4(11)3(10)2(9)1-8/h2-5,8-12H,1H2/t2-,3-,4+,5-/m1/s1. The quantitative estimate of drug-likeness (QED) is 0.344. The first-order valence-electron chi connectivity index (χ1n) is 3.44. The summed E-state index contributed by atoms with van der Waals surface area (Å²) >= 11 is 2.38. The normalized spacial score (nSPS) is 20.5. The minimum Gasteiger partial charge on any atom is -0.394 e. The second-order valence-electron chi connectivity index (χ2n) is 2.48. The molecule has 0 aromatic carbocycles. The molecule has 0 aromatic heterocycles. The molecule has 78 valence electrons. The van der Waals surface area contributed by atoms with E-state index in [-0.39, 0.29) is 0 Å². The second kappa shape index (κ2) is 5.63. The number of aliphatic hydroxyl groups is 5. The van der Waals surface area contributed by atoms with Crippen molar-refractivity contribution in [3.8, 4) is 0 Å². The van der Waals surface area contributed by atoms with Gasteiger partial charge in [-0.15, -0.1) is 0 Å². The zero-order chi connectivity index (χ0) is 10.6. The van der Waals surface area contributed by atoms with E-state index in [2.05, 4.69) is 15.9 Å². The summed E-state index contributed by atoms with van der Waals surface area (Å²) < 4.78 is -0.913. The fourth-order valence-corrected chi connectivity index (χ4v) is 0.927. The van der Waals surface area contributed by atoms with Gasteiger partial charge in [0.25, 0.3) is 0 Å². The predicted molar refractivity (Wildman–Crippen MR) is 45.0 cm³/mol. The molecule has 0 spiro atoms. The molecule has 0 radical (unpaired) electrons. The Kier molecular flexibility index (Phi) is 5.61. The van der Waals surface area contributed by atoms with Gasteiger partial charge in [-0.1, -0.05) is 0 Å². The molecule has 0 aliphatic carbocycles. The summed E-state index contributed by atoms with van der Waals surface area (Å²) in [6.07, 6.45) is -7.05. The highest BCUT2D eigenvalue weighted by Crippen LogP contribution is 2.07. The summed E-state index contributed by atoms with van der Waals surface area (Å²) in [7, 11) is 0. The molecule has 0 fully saturated rings. The lowest BCUT2D eigenvalue weighted by atomic mass is 10.0. The molecule has 0 bridgehead atoms. The molecule has 5 N–H and O–H groups in total. The monoisotopic (exact) mass is 258 g/mol. The van der Waals surface area contributed by atoms with E-state index in [1.165, 1.54) is 0 Å². The van der Waals surface area contributed by atoms with Crippen LogP contribution in [0.15, 0.2) is 0 Å². The molecule has 6 nitrogen and oxygen atoms in total. The van der Waals surface area contributed by atoms with E-state index in [1.54, 1.807) is 0 Å². The van der Waals surface area contributed by atoms with Crippen LogP contribution in [0.3, 0.4) is 0 Å². The fraction of sp³-hybridized carbons (Fsp3) is 0.833. The lowest BCUT2D eigenvalue weighted by Crippen LogP contribution is -2.47. The van der Waals surface area contributed by atoms with E-state index in [0.717, 1.165) is 0 Å². The van der Waals surface area contributed by atoms with Crippen LogP contribution in [0.1, 0.15) is 0 Å². The third-order valence-electron chi connectivity index (χ3n) is 1.49. The minimum atomic E-state index is -1.84. The highest BCUT2D eigenvalue weighted by Gasteiger charge is 2.32. The van der Waals surface area contributed by atoms with Gasteiger partial charge < -0.3 is 25.5 Å². The van der Waals surface area contributed by atoms with Crippen LogP contribution in [-0.4, -0.2) is 61.2 Å². The number of carbonyl (C=O) groups is 1. The predicted octanol–water partition coefficient (Wildman–Crippen LogP) is -2.66. The molecule has 0 heterocycles. The molecular formula is C6H11BrO6. The molecule has 0 unspecified atom stereocenters. The SMILES string of the molecule is O=C(Br)[C@H](O)[C@@H](O)[C@H](O)[C@H](O)CO. The average molecular weight is 259 g/mol. The van der Waals surface area contributed by atoms with Gasteiger partial charge in [-0.3, -0.25) is 4.79 Å². The highest BCUT2D eigenvalue weighted by molar-refractivity contribution is 9.18. The summed E-state index contributed by atoms with van der Waals surface area (Å²) in [5.41, 5.74) is 0. The molecule has 0 aliphatic rings. The molecule has 13 heavy (non-hydrogen) atoms. The molecule has 0 saturated heterocycles. The van der Waals surface area contributed by atoms with E-state index in [4.69, 9.17) is 25.5 Å².